The molecule has 3 atom stereocenters. The highest BCUT2D eigenvalue weighted by atomic mass is 32.1. The lowest BCUT2D eigenvalue weighted by Crippen LogP contribution is -2.51. The fraction of sp³-hybridized carbons (Fsp3) is 0.391. The topological polar surface area (TPSA) is 91.0 Å². The summed E-state index contributed by atoms with van der Waals surface area (Å²) in [6, 6.07) is 9.37. The third-order valence-electron chi connectivity index (χ3n) is 6.66. The van der Waals surface area contributed by atoms with Gasteiger partial charge in [-0.1, -0.05) is 18.2 Å². The maximum atomic E-state index is 13.6. The van der Waals surface area contributed by atoms with Crippen LogP contribution in [0, 0.1) is 5.41 Å². The van der Waals surface area contributed by atoms with Crippen molar-refractivity contribution >= 4 is 23.2 Å². The number of H-pyrrole nitrogens is 1. The van der Waals surface area contributed by atoms with Gasteiger partial charge in [0.15, 0.2) is 0 Å². The average Bonchev–Trinajstić information content (AvgIpc) is 3.59. The molecule has 2 aromatic heterocycles. The molecule has 0 unspecified atom stereocenters. The van der Waals surface area contributed by atoms with E-state index in [1.165, 1.54) is 11.3 Å². The number of nitrogens with one attached hydrogen (secondary N) is 2. The van der Waals surface area contributed by atoms with Gasteiger partial charge in [0, 0.05) is 54.3 Å². The third-order valence-corrected chi connectivity index (χ3v) is 7.30. The van der Waals surface area contributed by atoms with E-state index in [9.17, 15) is 9.59 Å². The molecule has 2 aliphatic heterocycles. The number of hydrogen-bond acceptors (Lipinski definition) is 5. The number of rotatable bonds is 7. The molecule has 2 bridgehead atoms. The SMILES string of the molecule is O=C(c1ccccc1)N1[C@@H]2CC[C@H]1[C@@](Cc1cscn1)(C(=O)NCCc1cnc[nH]1)C2. The van der Waals surface area contributed by atoms with Crippen LogP contribution in [-0.2, 0) is 17.6 Å². The number of amides is 2. The van der Waals surface area contributed by atoms with Crippen LogP contribution in [-0.4, -0.2) is 50.3 Å². The van der Waals surface area contributed by atoms with Crippen molar-refractivity contribution in [1.82, 2.24) is 25.2 Å². The molecule has 8 heteroatoms. The molecule has 31 heavy (non-hydrogen) atoms. The highest BCUT2D eigenvalue weighted by Crippen LogP contribution is 2.52. The normalized spacial score (nSPS) is 24.5. The van der Waals surface area contributed by atoms with Gasteiger partial charge in [0.1, 0.15) is 0 Å². The molecule has 3 aromatic rings. The Morgan fingerprint density at radius 2 is 2.13 bits per heavy atom. The van der Waals surface area contributed by atoms with Crippen LogP contribution < -0.4 is 5.32 Å². The summed E-state index contributed by atoms with van der Waals surface area (Å²) in [5, 5.41) is 5.16. The van der Waals surface area contributed by atoms with Crippen molar-refractivity contribution in [2.24, 2.45) is 5.41 Å². The van der Waals surface area contributed by atoms with Crippen LogP contribution in [0.2, 0.25) is 0 Å². The fourth-order valence-corrected chi connectivity index (χ4v) is 5.85. The highest BCUT2D eigenvalue weighted by molar-refractivity contribution is 7.07. The molecular weight excluding hydrogens is 410 g/mol. The zero-order valence-electron chi connectivity index (χ0n) is 17.2. The van der Waals surface area contributed by atoms with Crippen molar-refractivity contribution in [2.75, 3.05) is 6.54 Å². The molecular formula is C23H25N5O2S. The number of benzene rings is 1. The van der Waals surface area contributed by atoms with Gasteiger partial charge in [0.25, 0.3) is 5.91 Å². The number of thiazole rings is 1. The Bertz CT molecular complexity index is 1040. The van der Waals surface area contributed by atoms with Crippen LogP contribution in [0.1, 0.15) is 41.0 Å². The second-order valence-corrected chi connectivity index (χ2v) is 9.14. The summed E-state index contributed by atoms with van der Waals surface area (Å²) in [5.41, 5.74) is 3.76. The van der Waals surface area contributed by atoms with E-state index in [-0.39, 0.29) is 23.9 Å². The Labute approximate surface area is 184 Å². The van der Waals surface area contributed by atoms with E-state index in [2.05, 4.69) is 20.3 Å². The van der Waals surface area contributed by atoms with Crippen molar-refractivity contribution in [3.05, 3.63) is 70.7 Å². The Morgan fingerprint density at radius 1 is 1.26 bits per heavy atom. The Morgan fingerprint density at radius 3 is 2.87 bits per heavy atom. The van der Waals surface area contributed by atoms with Crippen LogP contribution in [0.25, 0.3) is 0 Å². The van der Waals surface area contributed by atoms with Crippen molar-refractivity contribution in [3.63, 3.8) is 0 Å². The lowest BCUT2D eigenvalue weighted by atomic mass is 9.70. The molecule has 2 aliphatic rings. The number of imidazole rings is 1. The number of hydrogen-bond donors (Lipinski definition) is 2. The molecule has 160 valence electrons. The molecule has 2 saturated heterocycles. The molecule has 1 aromatic carbocycles. The zero-order valence-corrected chi connectivity index (χ0v) is 18.0. The first-order chi connectivity index (χ1) is 15.2. The minimum atomic E-state index is -0.643. The number of aromatic amines is 1. The van der Waals surface area contributed by atoms with Gasteiger partial charge in [-0.3, -0.25) is 9.59 Å². The quantitative estimate of drug-likeness (QED) is 0.597. The lowest BCUT2D eigenvalue weighted by molar-refractivity contribution is -0.132. The van der Waals surface area contributed by atoms with E-state index in [4.69, 9.17) is 0 Å². The van der Waals surface area contributed by atoms with Gasteiger partial charge in [-0.15, -0.1) is 11.3 Å². The summed E-state index contributed by atoms with van der Waals surface area (Å²) >= 11 is 1.54. The van der Waals surface area contributed by atoms with Crippen LogP contribution in [0.4, 0.5) is 0 Å². The minimum absolute atomic E-state index is 0.0260. The Hall–Kier alpha value is -3.00. The lowest BCUT2D eigenvalue weighted by Gasteiger charge is -2.35. The van der Waals surface area contributed by atoms with E-state index in [0.29, 0.717) is 31.4 Å². The van der Waals surface area contributed by atoms with Crippen LogP contribution in [0.3, 0.4) is 0 Å². The summed E-state index contributed by atoms with van der Waals surface area (Å²) in [6.07, 6.45) is 7.15. The molecule has 0 radical (unpaired) electrons. The van der Waals surface area contributed by atoms with E-state index in [1.54, 1.807) is 18.0 Å². The third kappa shape index (κ3) is 3.65. The maximum absolute atomic E-state index is 13.6. The second-order valence-electron chi connectivity index (χ2n) is 8.42. The van der Waals surface area contributed by atoms with Crippen molar-refractivity contribution in [1.29, 1.82) is 0 Å². The van der Waals surface area contributed by atoms with Gasteiger partial charge in [-0.2, -0.15) is 0 Å². The van der Waals surface area contributed by atoms with Crippen molar-refractivity contribution in [3.8, 4) is 0 Å². The zero-order chi connectivity index (χ0) is 21.3. The Kier molecular flexibility index (Phi) is 5.31. The number of aromatic nitrogens is 3. The molecule has 2 N–H and O–H groups in total. The highest BCUT2D eigenvalue weighted by Gasteiger charge is 2.61. The van der Waals surface area contributed by atoms with Gasteiger partial charge < -0.3 is 15.2 Å². The van der Waals surface area contributed by atoms with Crippen LogP contribution in [0.15, 0.2) is 53.7 Å². The largest absolute Gasteiger partial charge is 0.355 e. The van der Waals surface area contributed by atoms with Crippen molar-refractivity contribution in [2.45, 2.75) is 44.2 Å². The van der Waals surface area contributed by atoms with Crippen LogP contribution in [0.5, 0.6) is 0 Å². The molecule has 0 saturated carbocycles. The number of carbonyl (C=O) groups is 2. The fourth-order valence-electron chi connectivity index (χ4n) is 5.29. The second kappa shape index (κ2) is 8.26. The molecule has 7 nitrogen and oxygen atoms in total. The first-order valence-corrected chi connectivity index (χ1v) is 11.6. The van der Waals surface area contributed by atoms with Gasteiger partial charge >= 0.3 is 0 Å². The molecule has 0 aliphatic carbocycles. The molecule has 4 heterocycles. The van der Waals surface area contributed by atoms with Gasteiger partial charge in [-0.25, -0.2) is 9.97 Å². The van der Waals surface area contributed by atoms with Gasteiger partial charge in [0.05, 0.1) is 22.9 Å². The predicted molar refractivity (Wildman–Crippen MR) is 118 cm³/mol. The molecule has 2 amide bonds. The van der Waals surface area contributed by atoms with E-state index >= 15 is 0 Å². The monoisotopic (exact) mass is 435 g/mol. The number of nitrogens with zero attached hydrogens (tertiary/aromatic N) is 3. The summed E-state index contributed by atoms with van der Waals surface area (Å²) in [7, 11) is 0. The first kappa shape index (κ1) is 19.9. The van der Waals surface area contributed by atoms with Crippen molar-refractivity contribution < 1.29 is 9.59 Å². The summed E-state index contributed by atoms with van der Waals surface area (Å²) in [5.74, 6) is 0.0524. The standard InChI is InChI=1S/C23H25N5O2S/c29-21(16-4-2-1-3-5-16)28-19-6-7-20(28)23(11-19,10-18-13-31-15-27-18)22(30)25-9-8-17-12-24-14-26-17/h1-5,12-15,19-20H,6-11H2,(H,24,26)(H,25,30)/t19-,20+,23+/m1/s1. The van der Waals surface area contributed by atoms with Gasteiger partial charge in [0.2, 0.25) is 5.91 Å². The minimum Gasteiger partial charge on any atom is -0.355 e. The first-order valence-electron chi connectivity index (χ1n) is 10.7. The Balaban J connectivity index is 1.40. The number of fused-ring (bicyclic) bond motifs is 2. The smallest absolute Gasteiger partial charge is 0.254 e. The van der Waals surface area contributed by atoms with Gasteiger partial charge in [-0.05, 0) is 31.4 Å². The summed E-state index contributed by atoms with van der Waals surface area (Å²) < 4.78 is 0. The van der Waals surface area contributed by atoms with E-state index in [1.807, 2.05) is 40.6 Å². The molecule has 0 spiro atoms. The summed E-state index contributed by atoms with van der Waals surface area (Å²) in [4.78, 5) is 40.5. The predicted octanol–water partition coefficient (Wildman–Crippen LogP) is 2.83. The maximum Gasteiger partial charge on any atom is 0.254 e. The average molecular weight is 436 g/mol. The van der Waals surface area contributed by atoms with Crippen LogP contribution >= 0.6 is 11.3 Å². The molecule has 2 fully saturated rings. The van der Waals surface area contributed by atoms with E-state index < -0.39 is 5.41 Å². The summed E-state index contributed by atoms with van der Waals surface area (Å²) in [6.45, 7) is 0.532. The van der Waals surface area contributed by atoms with E-state index in [0.717, 1.165) is 24.2 Å². The molecule has 5 rings (SSSR count). The number of carbonyl (C=O) groups excluding carboxylic acids is 2.